The van der Waals surface area contributed by atoms with Crippen molar-refractivity contribution in [1.82, 2.24) is 25.4 Å². The van der Waals surface area contributed by atoms with Gasteiger partial charge in [0.1, 0.15) is 6.04 Å². The number of aromatic amines is 1. The van der Waals surface area contributed by atoms with Crippen LogP contribution >= 0.6 is 0 Å². The van der Waals surface area contributed by atoms with Crippen molar-refractivity contribution in [2.45, 2.75) is 150 Å². The molecule has 0 bridgehead atoms. The highest BCUT2D eigenvalue weighted by atomic mass is 16.5. The fourth-order valence-electron chi connectivity index (χ4n) is 9.50. The Morgan fingerprint density at radius 2 is 1.63 bits per heavy atom. The minimum absolute atomic E-state index is 0.0131. The number of nitrogens with zero attached hydrogens (tertiary/aromatic N) is 2. The van der Waals surface area contributed by atoms with E-state index in [-0.39, 0.29) is 78.4 Å². The molecule has 63 heavy (non-hydrogen) atoms. The molecule has 1 unspecified atom stereocenters. The molecule has 1 saturated heterocycles. The number of hydrogen-bond acceptors (Lipinski definition) is 9. The van der Waals surface area contributed by atoms with Crippen LogP contribution in [0, 0.1) is 35.5 Å². The molecule has 0 radical (unpaired) electrons. The molecule has 3 rings (SSSR count). The maximum atomic E-state index is 14.3. The van der Waals surface area contributed by atoms with Gasteiger partial charge in [-0.25, -0.2) is 0 Å². The number of ketones is 1. The predicted octanol–water partition coefficient (Wildman–Crippen LogP) is 5.34. The number of para-hydroxylation sites is 1. The molecule has 1 fully saturated rings. The number of likely N-dealkylation sites (N-methyl/N-ethyl adjacent to an activating group) is 1. The van der Waals surface area contributed by atoms with Crippen molar-refractivity contribution in [1.29, 1.82) is 0 Å². The van der Waals surface area contributed by atoms with E-state index < -0.39 is 48.1 Å². The first-order chi connectivity index (χ1) is 29.8. The van der Waals surface area contributed by atoms with E-state index in [9.17, 15) is 28.8 Å². The largest absolute Gasteiger partial charge is 0.481 e. The van der Waals surface area contributed by atoms with Crippen molar-refractivity contribution in [2.75, 3.05) is 34.4 Å². The van der Waals surface area contributed by atoms with Gasteiger partial charge in [-0.2, -0.15) is 0 Å². The number of primary amides is 1. The number of benzene rings is 1. The summed E-state index contributed by atoms with van der Waals surface area (Å²) in [5.74, 6) is -3.47. The lowest BCUT2D eigenvalue weighted by atomic mass is 9.79. The van der Waals surface area contributed by atoms with Crippen molar-refractivity contribution in [2.24, 2.45) is 41.2 Å². The molecule has 0 saturated carbocycles. The van der Waals surface area contributed by atoms with Gasteiger partial charge in [0.15, 0.2) is 5.78 Å². The molecule has 0 aliphatic carbocycles. The second-order valence-electron chi connectivity index (χ2n) is 18.6. The molecule has 15 heteroatoms. The third-order valence-corrected chi connectivity index (χ3v) is 13.4. The summed E-state index contributed by atoms with van der Waals surface area (Å²) in [6.07, 6.45) is 4.93. The van der Waals surface area contributed by atoms with E-state index in [4.69, 9.17) is 20.3 Å². The summed E-state index contributed by atoms with van der Waals surface area (Å²) in [6.45, 7) is 16.5. The van der Waals surface area contributed by atoms with Crippen LogP contribution in [0.5, 0.6) is 0 Å². The van der Waals surface area contributed by atoms with Crippen molar-refractivity contribution < 1.29 is 43.3 Å². The number of carbonyl (C=O) groups is 6. The zero-order chi connectivity index (χ0) is 47.1. The molecule has 15 nitrogen and oxygen atoms in total. The molecule has 10 atom stereocenters. The quantitative estimate of drug-likeness (QED) is 0.0741. The summed E-state index contributed by atoms with van der Waals surface area (Å²) in [5.41, 5.74) is 7.57. The number of rotatable bonds is 28. The van der Waals surface area contributed by atoms with Gasteiger partial charge in [-0.15, -0.1) is 0 Å². The van der Waals surface area contributed by atoms with E-state index >= 15 is 0 Å². The van der Waals surface area contributed by atoms with Crippen LogP contribution in [0.25, 0.3) is 10.9 Å². The van der Waals surface area contributed by atoms with Crippen LogP contribution in [0.2, 0.25) is 0 Å². The summed E-state index contributed by atoms with van der Waals surface area (Å²) >= 11 is 0. The Morgan fingerprint density at radius 3 is 2.22 bits per heavy atom. The number of carboxylic acids is 1. The summed E-state index contributed by atoms with van der Waals surface area (Å²) in [7, 11) is 4.96. The smallest absolute Gasteiger partial charge is 0.303 e. The first-order valence-corrected chi connectivity index (χ1v) is 23.0. The van der Waals surface area contributed by atoms with Crippen LogP contribution in [0.1, 0.15) is 112 Å². The number of carboxylic acid groups (broad SMARTS) is 1. The molecular formula is C48H78N6O9. The maximum Gasteiger partial charge on any atom is 0.303 e. The van der Waals surface area contributed by atoms with Crippen LogP contribution < -0.4 is 16.4 Å². The van der Waals surface area contributed by atoms with Crippen molar-refractivity contribution in [3.63, 3.8) is 0 Å². The number of likely N-dealkylation sites (tertiary alicyclic amines) is 1. The van der Waals surface area contributed by atoms with Crippen molar-refractivity contribution in [3.8, 4) is 0 Å². The average molecular weight is 883 g/mol. The minimum Gasteiger partial charge on any atom is -0.481 e. The summed E-state index contributed by atoms with van der Waals surface area (Å²) < 4.78 is 12.0. The van der Waals surface area contributed by atoms with E-state index in [2.05, 4.69) is 29.5 Å². The standard InChI is InChI=1S/C48H78N6O9/c1-12-30(6)34(22-21-31(7)44(58)42(28(2)3)52-48(61)43(29(4)5)53(9)23-16-20-41(56)57)39(62-10)26-40(55)54-24-15-19-38(54)45(63-11)32(8)47(60)51-37(46(49)59)25-33-27-50-36-18-14-13-17-35(33)36/h13-14,17-18,27-32,34,37-39,42-43,45,50H,12,15-16,19-26H2,1-11H3,(H2,49,59)(H,51,60)(H,52,61)(H,56,57)/t30-,31?,32+,34-,37-,38-,39+,42-,43-,45+/m0/s1. The third kappa shape index (κ3) is 14.6. The zero-order valence-corrected chi connectivity index (χ0v) is 39.8. The van der Waals surface area contributed by atoms with E-state index in [1.165, 1.54) is 7.11 Å². The highest BCUT2D eigenvalue weighted by molar-refractivity contribution is 5.92. The molecule has 6 N–H and O–H groups in total. The molecule has 1 aromatic carbocycles. The van der Waals surface area contributed by atoms with Gasteiger partial charge in [0.05, 0.1) is 42.7 Å². The Bertz CT molecular complexity index is 1810. The summed E-state index contributed by atoms with van der Waals surface area (Å²) in [5, 5.41) is 15.9. The van der Waals surface area contributed by atoms with E-state index in [0.29, 0.717) is 38.8 Å². The number of aromatic nitrogens is 1. The number of methoxy groups -OCH3 is 2. The highest BCUT2D eigenvalue weighted by Gasteiger charge is 2.42. The van der Waals surface area contributed by atoms with Crippen molar-refractivity contribution >= 4 is 46.3 Å². The Labute approximate surface area is 375 Å². The lowest BCUT2D eigenvalue weighted by molar-refractivity contribution is -0.143. The fraction of sp³-hybridized carbons (Fsp3) is 0.708. The molecule has 0 spiro atoms. The number of ether oxygens (including phenoxy) is 2. The van der Waals surface area contributed by atoms with Gasteiger partial charge in [-0.1, -0.05) is 80.0 Å². The molecule has 2 aromatic rings. The Balaban J connectivity index is 1.69. The predicted molar refractivity (Wildman–Crippen MR) is 244 cm³/mol. The first kappa shape index (κ1) is 53.0. The molecule has 2 heterocycles. The Morgan fingerprint density at radius 1 is 0.952 bits per heavy atom. The van der Waals surface area contributed by atoms with Crippen LogP contribution in [0.3, 0.4) is 0 Å². The average Bonchev–Trinajstić information content (AvgIpc) is 3.89. The number of amides is 4. The fourth-order valence-corrected chi connectivity index (χ4v) is 9.50. The number of Topliss-reactive ketones (excluding diaryl/α,β-unsaturated/α-hetero) is 1. The highest BCUT2D eigenvalue weighted by Crippen LogP contribution is 2.33. The molecule has 1 aliphatic rings. The van der Waals surface area contributed by atoms with Gasteiger partial charge in [0.25, 0.3) is 0 Å². The molecule has 4 amide bonds. The molecule has 1 aromatic heterocycles. The summed E-state index contributed by atoms with van der Waals surface area (Å²) in [4.78, 5) is 86.3. The summed E-state index contributed by atoms with van der Waals surface area (Å²) in [6, 6.07) is 5.17. The van der Waals surface area contributed by atoms with Gasteiger partial charge in [0, 0.05) is 56.6 Å². The maximum absolute atomic E-state index is 14.3. The number of carbonyl (C=O) groups excluding carboxylic acids is 5. The Hall–Kier alpha value is -4.34. The normalized spacial score (nSPS) is 18.7. The number of nitrogens with two attached hydrogens (primary N) is 1. The van der Waals surface area contributed by atoms with Crippen molar-refractivity contribution in [3.05, 3.63) is 36.0 Å². The second-order valence-corrected chi connectivity index (χ2v) is 18.6. The minimum atomic E-state index is -0.946. The molecule has 1 aliphatic heterocycles. The first-order valence-electron chi connectivity index (χ1n) is 23.0. The zero-order valence-electron chi connectivity index (χ0n) is 39.8. The van der Waals surface area contributed by atoms with E-state index in [0.717, 1.165) is 29.3 Å². The van der Waals surface area contributed by atoms with Gasteiger partial charge in [-0.05, 0) is 81.0 Å². The van der Waals surface area contributed by atoms with Gasteiger partial charge in [-0.3, -0.25) is 33.7 Å². The van der Waals surface area contributed by atoms with E-state index in [1.54, 1.807) is 14.0 Å². The second kappa shape index (κ2) is 25.2. The van der Waals surface area contributed by atoms with Gasteiger partial charge in [0.2, 0.25) is 23.6 Å². The number of fused-ring (bicyclic) bond motifs is 1. The SMILES string of the molecule is CC[C@H](C)[C@H](CCC(C)C(=O)[C@@H](NC(=O)[C@H](C(C)C)N(C)CCCC(=O)O)C(C)C)[C@@H](CC(=O)N1CCC[C@H]1[C@H](OC)[C@@H](C)C(=O)N[C@@H](Cc1c[nH]c2ccccc12)C(N)=O)OC. The monoisotopic (exact) mass is 883 g/mol. The number of H-pyrrole nitrogens is 1. The van der Waals surface area contributed by atoms with Crippen LogP contribution in [-0.4, -0.2) is 126 Å². The van der Waals surface area contributed by atoms with Crippen LogP contribution in [0.15, 0.2) is 30.5 Å². The molecule has 354 valence electrons. The number of aliphatic carboxylic acids is 1. The number of hydrogen-bond donors (Lipinski definition) is 5. The van der Waals surface area contributed by atoms with Gasteiger partial charge < -0.3 is 40.8 Å². The van der Waals surface area contributed by atoms with Gasteiger partial charge >= 0.3 is 5.97 Å². The van der Waals surface area contributed by atoms with Crippen LogP contribution in [-0.2, 0) is 44.7 Å². The lowest BCUT2D eigenvalue weighted by Gasteiger charge is -2.36. The topological polar surface area (TPSA) is 213 Å². The number of nitrogens with one attached hydrogen (secondary N) is 3. The van der Waals surface area contributed by atoms with Crippen LogP contribution in [0.4, 0.5) is 0 Å². The van der Waals surface area contributed by atoms with E-state index in [1.807, 2.05) is 81.9 Å². The molecular weight excluding hydrogens is 805 g/mol. The Kier molecular flexibility index (Phi) is 21.2. The third-order valence-electron chi connectivity index (χ3n) is 13.4. The lowest BCUT2D eigenvalue weighted by Crippen LogP contribution is -2.55.